The van der Waals surface area contributed by atoms with Gasteiger partial charge in [0.05, 0.1) is 25.4 Å². The molecule has 3 rings (SSSR count). The number of amides is 1. The third-order valence-electron chi connectivity index (χ3n) is 5.63. The molecule has 0 fully saturated rings. The van der Waals surface area contributed by atoms with Crippen molar-refractivity contribution < 1.29 is 9.53 Å². The molecular formula is C24H31N3O2. The minimum Gasteiger partial charge on any atom is -0.497 e. The molecule has 0 radical (unpaired) electrons. The lowest BCUT2D eigenvalue weighted by molar-refractivity contribution is -0.134. The Hall–Kier alpha value is -2.66. The van der Waals surface area contributed by atoms with E-state index in [1.165, 1.54) is 11.1 Å². The average Bonchev–Trinajstić information content (AvgIpc) is 3.17. The number of hydrogen-bond donors (Lipinski definition) is 0. The first-order valence-electron chi connectivity index (χ1n) is 10.3. The zero-order valence-electron chi connectivity index (χ0n) is 18.1. The van der Waals surface area contributed by atoms with Gasteiger partial charge in [-0.05, 0) is 67.9 Å². The number of likely N-dealkylation sites (N-methyl/N-ethyl adjacent to an activating group) is 1. The molecule has 1 aliphatic rings. The molecular weight excluding hydrogens is 362 g/mol. The third-order valence-corrected chi connectivity index (χ3v) is 5.63. The summed E-state index contributed by atoms with van der Waals surface area (Å²) in [6.45, 7) is 10.4. The van der Waals surface area contributed by atoms with Crippen molar-refractivity contribution in [3.63, 3.8) is 0 Å². The fraction of sp³-hybridized carbons (Fsp3) is 0.417. The Morgan fingerprint density at radius 2 is 1.83 bits per heavy atom. The highest BCUT2D eigenvalue weighted by Gasteiger charge is 2.34. The van der Waals surface area contributed by atoms with Crippen molar-refractivity contribution in [3.8, 4) is 5.75 Å². The number of nitrogens with zero attached hydrogens (tertiary/aromatic N) is 3. The second kappa shape index (κ2) is 9.23. The first-order valence-corrected chi connectivity index (χ1v) is 10.3. The quantitative estimate of drug-likeness (QED) is 0.703. The molecule has 1 atom stereocenters. The van der Waals surface area contributed by atoms with Crippen molar-refractivity contribution in [1.82, 2.24) is 9.91 Å². The van der Waals surface area contributed by atoms with E-state index in [1.807, 2.05) is 24.3 Å². The van der Waals surface area contributed by atoms with E-state index in [-0.39, 0.29) is 11.9 Å². The van der Waals surface area contributed by atoms with Gasteiger partial charge in [0.2, 0.25) is 0 Å². The first-order chi connectivity index (χ1) is 14.0. The van der Waals surface area contributed by atoms with Crippen molar-refractivity contribution in [2.24, 2.45) is 5.10 Å². The summed E-state index contributed by atoms with van der Waals surface area (Å²) in [5, 5.41) is 6.49. The lowest BCUT2D eigenvalue weighted by Gasteiger charge is -2.26. The van der Waals surface area contributed by atoms with Gasteiger partial charge in [-0.25, -0.2) is 5.01 Å². The van der Waals surface area contributed by atoms with Gasteiger partial charge < -0.3 is 4.74 Å². The molecule has 0 aromatic heterocycles. The van der Waals surface area contributed by atoms with Gasteiger partial charge in [-0.15, -0.1) is 0 Å². The van der Waals surface area contributed by atoms with Crippen LogP contribution < -0.4 is 4.74 Å². The fourth-order valence-electron chi connectivity index (χ4n) is 3.85. The summed E-state index contributed by atoms with van der Waals surface area (Å²) in [6.07, 6.45) is 0.709. The largest absolute Gasteiger partial charge is 0.497 e. The van der Waals surface area contributed by atoms with Gasteiger partial charge in [-0.3, -0.25) is 9.69 Å². The van der Waals surface area contributed by atoms with Crippen molar-refractivity contribution in [3.05, 3.63) is 64.7 Å². The predicted molar refractivity (Wildman–Crippen MR) is 117 cm³/mol. The summed E-state index contributed by atoms with van der Waals surface area (Å²) >= 11 is 0. The SMILES string of the molecule is CCN(CC)CC(=O)N1N=C(c2ccc(OC)cc2)C[C@@H]1c1ccc(C)cc1C. The highest BCUT2D eigenvalue weighted by atomic mass is 16.5. The molecule has 1 aliphatic heterocycles. The van der Waals surface area contributed by atoms with Crippen LogP contribution in [0.5, 0.6) is 5.75 Å². The number of ether oxygens (including phenoxy) is 1. The number of hydrazone groups is 1. The van der Waals surface area contributed by atoms with Gasteiger partial charge in [-0.1, -0.05) is 37.6 Å². The van der Waals surface area contributed by atoms with E-state index in [9.17, 15) is 4.79 Å². The summed E-state index contributed by atoms with van der Waals surface area (Å²) in [5.74, 6) is 0.856. The molecule has 1 amide bonds. The molecule has 0 saturated heterocycles. The predicted octanol–water partition coefficient (Wildman–Crippen LogP) is 4.33. The number of carbonyl (C=O) groups is 1. The van der Waals surface area contributed by atoms with E-state index in [2.05, 4.69) is 50.8 Å². The second-order valence-electron chi connectivity index (χ2n) is 7.55. The van der Waals surface area contributed by atoms with E-state index < -0.39 is 0 Å². The standard InChI is InChI=1S/C24H31N3O2/c1-6-26(7-2)16-24(28)27-23(21-13-8-17(3)14-18(21)4)15-22(25-27)19-9-11-20(29-5)12-10-19/h8-14,23H,6-7,15-16H2,1-5H3/t23-/m1/s1. The van der Waals surface area contributed by atoms with Crippen LogP contribution in [0.4, 0.5) is 0 Å². The maximum absolute atomic E-state index is 13.2. The Morgan fingerprint density at radius 3 is 2.41 bits per heavy atom. The van der Waals surface area contributed by atoms with E-state index >= 15 is 0 Å². The second-order valence-corrected chi connectivity index (χ2v) is 7.55. The first kappa shape index (κ1) is 21.1. The third kappa shape index (κ3) is 4.67. The number of methoxy groups -OCH3 is 1. The summed E-state index contributed by atoms with van der Waals surface area (Å²) in [6, 6.07) is 14.2. The summed E-state index contributed by atoms with van der Waals surface area (Å²) in [5.41, 5.74) is 5.54. The van der Waals surface area contributed by atoms with Crippen LogP contribution in [0.3, 0.4) is 0 Å². The Morgan fingerprint density at radius 1 is 1.14 bits per heavy atom. The molecule has 2 aromatic carbocycles. The molecule has 0 bridgehead atoms. The van der Waals surface area contributed by atoms with Crippen LogP contribution in [0, 0.1) is 13.8 Å². The van der Waals surface area contributed by atoms with Crippen LogP contribution in [0.25, 0.3) is 0 Å². The molecule has 5 nitrogen and oxygen atoms in total. The maximum atomic E-state index is 13.2. The van der Waals surface area contributed by atoms with Crippen LogP contribution in [0.2, 0.25) is 0 Å². The van der Waals surface area contributed by atoms with E-state index in [4.69, 9.17) is 9.84 Å². The van der Waals surface area contributed by atoms with E-state index in [1.54, 1.807) is 12.1 Å². The van der Waals surface area contributed by atoms with E-state index in [0.29, 0.717) is 13.0 Å². The topological polar surface area (TPSA) is 45.1 Å². The number of carbonyl (C=O) groups excluding carboxylic acids is 1. The minimum absolute atomic E-state index is 0.0437. The van der Waals surface area contributed by atoms with Crippen molar-refractivity contribution >= 4 is 11.6 Å². The lowest BCUT2D eigenvalue weighted by atomic mass is 9.94. The Bertz CT molecular complexity index is 885. The lowest BCUT2D eigenvalue weighted by Crippen LogP contribution is -2.38. The molecule has 2 aromatic rings. The summed E-state index contributed by atoms with van der Waals surface area (Å²) in [4.78, 5) is 15.3. The van der Waals surface area contributed by atoms with Crippen LogP contribution >= 0.6 is 0 Å². The van der Waals surface area contributed by atoms with Gasteiger partial charge in [-0.2, -0.15) is 5.10 Å². The normalized spacial score (nSPS) is 16.3. The molecule has 0 spiro atoms. The summed E-state index contributed by atoms with van der Waals surface area (Å²) < 4.78 is 5.27. The minimum atomic E-state index is -0.0734. The fourth-order valence-corrected chi connectivity index (χ4v) is 3.85. The molecule has 29 heavy (non-hydrogen) atoms. The van der Waals surface area contributed by atoms with Crippen molar-refractivity contribution in [1.29, 1.82) is 0 Å². The molecule has 0 N–H and O–H groups in total. The van der Waals surface area contributed by atoms with Gasteiger partial charge in [0, 0.05) is 6.42 Å². The Kier molecular flexibility index (Phi) is 6.70. The van der Waals surface area contributed by atoms with Gasteiger partial charge >= 0.3 is 0 Å². The van der Waals surface area contributed by atoms with Crippen LogP contribution in [0.1, 0.15) is 48.6 Å². The van der Waals surface area contributed by atoms with Crippen LogP contribution in [-0.4, -0.2) is 48.3 Å². The van der Waals surface area contributed by atoms with Crippen LogP contribution in [0.15, 0.2) is 47.6 Å². The Balaban J connectivity index is 1.94. The molecule has 0 aliphatic carbocycles. The van der Waals surface area contributed by atoms with Gasteiger partial charge in [0.25, 0.3) is 5.91 Å². The van der Waals surface area contributed by atoms with Gasteiger partial charge in [0.15, 0.2) is 0 Å². The maximum Gasteiger partial charge on any atom is 0.257 e. The molecule has 1 heterocycles. The van der Waals surface area contributed by atoms with E-state index in [0.717, 1.165) is 35.7 Å². The molecule has 0 unspecified atom stereocenters. The zero-order chi connectivity index (χ0) is 21.0. The average molecular weight is 394 g/mol. The van der Waals surface area contributed by atoms with Crippen molar-refractivity contribution in [2.45, 2.75) is 40.2 Å². The zero-order valence-corrected chi connectivity index (χ0v) is 18.1. The number of hydrogen-bond acceptors (Lipinski definition) is 4. The number of aryl methyl sites for hydroxylation is 2. The van der Waals surface area contributed by atoms with Crippen molar-refractivity contribution in [2.75, 3.05) is 26.7 Å². The van der Waals surface area contributed by atoms with Crippen LogP contribution in [-0.2, 0) is 4.79 Å². The Labute approximate surface area is 174 Å². The highest BCUT2D eigenvalue weighted by Crippen LogP contribution is 2.35. The molecule has 154 valence electrons. The highest BCUT2D eigenvalue weighted by molar-refractivity contribution is 6.03. The summed E-state index contributed by atoms with van der Waals surface area (Å²) in [7, 11) is 1.66. The van der Waals surface area contributed by atoms with Gasteiger partial charge in [0.1, 0.15) is 5.75 Å². The molecule has 0 saturated carbocycles. The number of rotatable bonds is 7. The monoisotopic (exact) mass is 393 g/mol. The number of benzene rings is 2. The molecule has 5 heteroatoms. The smallest absolute Gasteiger partial charge is 0.257 e.